The van der Waals surface area contributed by atoms with Crippen LogP contribution in [0.4, 0.5) is 20.8 Å². The standard InChI is InChI=1S/C31H22BrCl2F2N2O6P/c1-41-30(39)25-8-3-2-7-24(25)20-5-4-6-21(14-20)29-16-37-31(42-29)38(23-11-12-27(33)28(34)15-23)17-19-9-10-22(26(32)13-19)18-45(40,43-35)44-36/h2-16H,17-18H2,1H3. The number of aromatic nitrogens is 1. The summed E-state index contributed by atoms with van der Waals surface area (Å²) in [6, 6.07) is 24.8. The molecule has 0 aliphatic rings. The number of halogens is 5. The van der Waals surface area contributed by atoms with Crippen molar-refractivity contribution >= 4 is 64.4 Å². The van der Waals surface area contributed by atoms with Crippen LogP contribution < -0.4 is 4.90 Å². The molecule has 0 atom stereocenters. The number of oxazole rings is 1. The normalized spacial score (nSPS) is 11.4. The number of esters is 1. The van der Waals surface area contributed by atoms with E-state index in [1.54, 1.807) is 53.6 Å². The molecule has 14 heteroatoms. The molecule has 0 N–H and O–H groups in total. The van der Waals surface area contributed by atoms with Gasteiger partial charge in [-0.25, -0.2) is 9.78 Å². The second kappa shape index (κ2) is 14.2. The molecular weight excluding hydrogens is 716 g/mol. The van der Waals surface area contributed by atoms with E-state index in [-0.39, 0.29) is 12.6 Å². The molecule has 0 saturated carbocycles. The van der Waals surface area contributed by atoms with Crippen molar-refractivity contribution in [2.24, 2.45) is 0 Å². The Labute approximate surface area is 274 Å². The summed E-state index contributed by atoms with van der Waals surface area (Å²) < 4.78 is 55.3. The van der Waals surface area contributed by atoms with Gasteiger partial charge in [-0.05, 0) is 67.7 Å². The van der Waals surface area contributed by atoms with Crippen LogP contribution in [-0.4, -0.2) is 18.1 Å². The summed E-state index contributed by atoms with van der Waals surface area (Å²) in [6.45, 7) is 0.209. The summed E-state index contributed by atoms with van der Waals surface area (Å²) in [6.07, 6.45) is 0.944. The molecule has 0 spiro atoms. The predicted octanol–water partition coefficient (Wildman–Crippen LogP) is 10.7. The Kier molecular flexibility index (Phi) is 10.4. The second-order valence-corrected chi connectivity index (χ2v) is 13.1. The first-order chi connectivity index (χ1) is 21.6. The third kappa shape index (κ3) is 7.47. The third-order valence-electron chi connectivity index (χ3n) is 6.76. The van der Waals surface area contributed by atoms with Crippen molar-refractivity contribution < 1.29 is 37.0 Å². The fourth-order valence-corrected chi connectivity index (χ4v) is 6.46. The highest BCUT2D eigenvalue weighted by Gasteiger charge is 2.29. The molecule has 45 heavy (non-hydrogen) atoms. The lowest BCUT2D eigenvalue weighted by Crippen LogP contribution is -2.17. The third-order valence-corrected chi connectivity index (χ3v) is 9.39. The SMILES string of the molecule is COC(=O)c1ccccc1-c1cccc(-c2cnc(N(Cc3ccc(CP(=O)(OF)OF)c(Br)c3)c3ccc(Cl)c(Cl)c3)o2)c1. The average molecular weight is 738 g/mol. The lowest BCUT2D eigenvalue weighted by Gasteiger charge is -2.22. The number of anilines is 2. The number of methoxy groups -OCH3 is 1. The van der Waals surface area contributed by atoms with Gasteiger partial charge >= 0.3 is 19.6 Å². The molecule has 8 nitrogen and oxygen atoms in total. The van der Waals surface area contributed by atoms with Crippen molar-refractivity contribution in [3.05, 3.63) is 122 Å². The molecule has 5 rings (SSSR count). The summed E-state index contributed by atoms with van der Waals surface area (Å²) in [4.78, 5) is 18.7. The Bertz CT molecular complexity index is 1900. The van der Waals surface area contributed by atoms with Gasteiger partial charge in [0.1, 0.15) is 0 Å². The van der Waals surface area contributed by atoms with E-state index in [4.69, 9.17) is 32.4 Å². The van der Waals surface area contributed by atoms with Crippen LogP contribution in [0.2, 0.25) is 10.0 Å². The Morgan fingerprint density at radius 1 is 0.956 bits per heavy atom. The van der Waals surface area contributed by atoms with Crippen LogP contribution in [0.15, 0.2) is 100 Å². The number of hydrogen-bond donors (Lipinski definition) is 0. The maximum absolute atomic E-state index is 12.6. The summed E-state index contributed by atoms with van der Waals surface area (Å²) in [7, 11) is -3.25. The van der Waals surface area contributed by atoms with Crippen molar-refractivity contribution in [2.75, 3.05) is 12.0 Å². The first-order valence-electron chi connectivity index (χ1n) is 13.1. The van der Waals surface area contributed by atoms with Crippen molar-refractivity contribution in [1.82, 2.24) is 4.98 Å². The van der Waals surface area contributed by atoms with Gasteiger partial charge < -0.3 is 9.15 Å². The van der Waals surface area contributed by atoms with E-state index < -0.39 is 19.7 Å². The zero-order chi connectivity index (χ0) is 32.1. The van der Waals surface area contributed by atoms with Crippen LogP contribution in [0, 0.1) is 0 Å². The van der Waals surface area contributed by atoms with E-state index in [1.165, 1.54) is 13.2 Å². The van der Waals surface area contributed by atoms with E-state index >= 15 is 0 Å². The molecule has 0 saturated heterocycles. The molecule has 5 aromatic rings. The average Bonchev–Trinajstić information content (AvgIpc) is 3.56. The van der Waals surface area contributed by atoms with Gasteiger partial charge in [0, 0.05) is 15.7 Å². The molecule has 1 heterocycles. The molecule has 232 valence electrons. The molecule has 0 aliphatic heterocycles. The van der Waals surface area contributed by atoms with Crippen molar-refractivity contribution in [3.63, 3.8) is 0 Å². The second-order valence-electron chi connectivity index (χ2n) is 9.64. The highest BCUT2D eigenvalue weighted by Crippen LogP contribution is 2.53. The van der Waals surface area contributed by atoms with Crippen molar-refractivity contribution in [1.29, 1.82) is 0 Å². The van der Waals surface area contributed by atoms with Crippen LogP contribution in [0.5, 0.6) is 0 Å². The Hall–Kier alpha value is -3.57. The van der Waals surface area contributed by atoms with Crippen LogP contribution in [0.3, 0.4) is 0 Å². The predicted molar refractivity (Wildman–Crippen MR) is 171 cm³/mol. The summed E-state index contributed by atoms with van der Waals surface area (Å²) >= 11 is 15.9. The van der Waals surface area contributed by atoms with Crippen LogP contribution in [0.1, 0.15) is 21.5 Å². The summed E-state index contributed by atoms with van der Waals surface area (Å²) in [5, 5.41) is 0.673. The Morgan fingerprint density at radius 3 is 2.42 bits per heavy atom. The number of carbonyl (C=O) groups excluding carboxylic acids is 1. The van der Waals surface area contributed by atoms with Crippen LogP contribution in [0.25, 0.3) is 22.5 Å². The number of hydrogen-bond acceptors (Lipinski definition) is 8. The number of ether oxygens (including phenoxy) is 1. The maximum atomic E-state index is 12.6. The number of carbonyl (C=O) groups is 1. The Balaban J connectivity index is 1.49. The lowest BCUT2D eigenvalue weighted by molar-refractivity contribution is -0.0881. The topological polar surface area (TPSA) is 91.1 Å². The van der Waals surface area contributed by atoms with E-state index in [1.807, 2.05) is 36.4 Å². The number of nitrogens with zero attached hydrogens (tertiary/aromatic N) is 2. The molecule has 0 amide bonds. The summed E-state index contributed by atoms with van der Waals surface area (Å²) in [5.41, 5.74) is 4.24. The largest absolute Gasteiger partial charge is 0.465 e. The van der Waals surface area contributed by atoms with Gasteiger partial charge in [-0.1, -0.05) is 87.7 Å². The van der Waals surface area contributed by atoms with Gasteiger partial charge in [0.05, 0.1) is 41.6 Å². The smallest absolute Gasteiger partial charge is 0.399 e. The van der Waals surface area contributed by atoms with Gasteiger partial charge in [0.15, 0.2) is 5.76 Å². The van der Waals surface area contributed by atoms with E-state index in [0.717, 1.165) is 11.1 Å². The van der Waals surface area contributed by atoms with Gasteiger partial charge in [-0.3, -0.25) is 9.46 Å². The van der Waals surface area contributed by atoms with E-state index in [2.05, 4.69) is 30.4 Å². The first-order valence-corrected chi connectivity index (χ1v) is 16.4. The van der Waals surface area contributed by atoms with Crippen LogP contribution in [-0.2, 0) is 31.5 Å². The van der Waals surface area contributed by atoms with Gasteiger partial charge in [0.2, 0.25) is 0 Å². The molecule has 0 bridgehead atoms. The quantitative estimate of drug-likeness (QED) is 0.0977. The monoisotopic (exact) mass is 736 g/mol. The molecule has 0 aliphatic carbocycles. The highest BCUT2D eigenvalue weighted by atomic mass is 79.9. The maximum Gasteiger partial charge on any atom is 0.399 e. The molecular formula is C31H22BrCl2F2N2O6P. The fraction of sp³-hybridized carbons (Fsp3) is 0.0968. The molecule has 1 aromatic heterocycles. The zero-order valence-electron chi connectivity index (χ0n) is 23.3. The zero-order valence-corrected chi connectivity index (χ0v) is 27.2. The van der Waals surface area contributed by atoms with E-state index in [0.29, 0.717) is 48.2 Å². The summed E-state index contributed by atoms with van der Waals surface area (Å²) in [5.74, 6) is 0.00702. The minimum Gasteiger partial charge on any atom is -0.465 e. The van der Waals surface area contributed by atoms with Crippen molar-refractivity contribution in [2.45, 2.75) is 12.7 Å². The number of rotatable bonds is 11. The van der Waals surface area contributed by atoms with Crippen LogP contribution >= 0.6 is 46.7 Å². The molecule has 0 fully saturated rings. The molecule has 0 radical (unpaired) electrons. The molecule has 0 unspecified atom stereocenters. The van der Waals surface area contributed by atoms with Crippen molar-refractivity contribution in [3.8, 4) is 22.5 Å². The van der Waals surface area contributed by atoms with Gasteiger partial charge in [-0.2, -0.15) is 0 Å². The number of benzene rings is 4. The highest BCUT2D eigenvalue weighted by molar-refractivity contribution is 9.10. The first kappa shape index (κ1) is 32.8. The Morgan fingerprint density at radius 2 is 1.71 bits per heavy atom. The molecule has 4 aromatic carbocycles. The van der Waals surface area contributed by atoms with Gasteiger partial charge in [-0.15, -0.1) is 9.46 Å². The minimum absolute atomic E-state index is 0.209. The lowest BCUT2D eigenvalue weighted by atomic mass is 9.97. The van der Waals surface area contributed by atoms with Gasteiger partial charge in [0.25, 0.3) is 0 Å². The minimum atomic E-state index is -4.59. The fourth-order valence-electron chi connectivity index (χ4n) is 4.58. The van der Waals surface area contributed by atoms with E-state index in [9.17, 15) is 18.4 Å².